The summed E-state index contributed by atoms with van der Waals surface area (Å²) in [7, 11) is 0. The standard InChI is InChI=1S/C14H26N4O.HI/c1-2-15-14(17-11-5-6-11)16-8-13-9-18-7-3-4-12(18)10-19-13;/h11-13H,2-10H2,1H3,(H2,15,16,17);1H. The molecular formula is C14H27IN4O. The molecule has 0 spiro atoms. The summed E-state index contributed by atoms with van der Waals surface area (Å²) in [5.41, 5.74) is 0. The molecule has 2 atom stereocenters. The maximum absolute atomic E-state index is 5.94. The summed E-state index contributed by atoms with van der Waals surface area (Å²) >= 11 is 0. The number of halogens is 1. The number of aliphatic imine (C=N–C) groups is 1. The lowest BCUT2D eigenvalue weighted by Gasteiger charge is -2.34. The van der Waals surface area contributed by atoms with Crippen molar-refractivity contribution in [3.05, 3.63) is 0 Å². The Morgan fingerprint density at radius 1 is 1.35 bits per heavy atom. The van der Waals surface area contributed by atoms with Crippen molar-refractivity contribution in [3.63, 3.8) is 0 Å². The Hall–Kier alpha value is -0.0800. The lowest BCUT2D eigenvalue weighted by Crippen LogP contribution is -2.47. The normalized spacial score (nSPS) is 30.6. The van der Waals surface area contributed by atoms with Crippen LogP contribution in [0, 0.1) is 0 Å². The summed E-state index contributed by atoms with van der Waals surface area (Å²) in [5, 5.41) is 6.76. The van der Waals surface area contributed by atoms with Gasteiger partial charge in [-0.3, -0.25) is 9.89 Å². The maximum Gasteiger partial charge on any atom is 0.191 e. The van der Waals surface area contributed by atoms with E-state index >= 15 is 0 Å². The molecule has 20 heavy (non-hydrogen) atoms. The second kappa shape index (κ2) is 7.79. The van der Waals surface area contributed by atoms with Crippen molar-refractivity contribution in [2.45, 2.75) is 50.8 Å². The van der Waals surface area contributed by atoms with Crippen molar-refractivity contribution < 1.29 is 4.74 Å². The Balaban J connectivity index is 0.00000147. The quantitative estimate of drug-likeness (QED) is 0.427. The van der Waals surface area contributed by atoms with E-state index in [1.165, 1.54) is 32.2 Å². The SMILES string of the molecule is CCNC(=NCC1CN2CCCC2CO1)NC1CC1.I. The Labute approximate surface area is 138 Å². The van der Waals surface area contributed by atoms with Gasteiger partial charge in [0.05, 0.1) is 19.3 Å². The van der Waals surface area contributed by atoms with Crippen LogP contribution in [-0.2, 0) is 4.74 Å². The van der Waals surface area contributed by atoms with Gasteiger partial charge in [-0.1, -0.05) is 0 Å². The molecule has 2 aliphatic heterocycles. The van der Waals surface area contributed by atoms with E-state index in [0.29, 0.717) is 12.1 Å². The summed E-state index contributed by atoms with van der Waals surface area (Å²) < 4.78 is 5.94. The maximum atomic E-state index is 5.94. The van der Waals surface area contributed by atoms with Crippen LogP contribution in [0.2, 0.25) is 0 Å². The molecule has 2 saturated heterocycles. The zero-order valence-corrected chi connectivity index (χ0v) is 14.6. The predicted octanol–water partition coefficient (Wildman–Crippen LogP) is 1.19. The fourth-order valence-corrected chi connectivity index (χ4v) is 2.93. The molecule has 2 N–H and O–H groups in total. The van der Waals surface area contributed by atoms with Gasteiger partial charge in [-0.2, -0.15) is 0 Å². The predicted molar refractivity (Wildman–Crippen MR) is 91.9 cm³/mol. The van der Waals surface area contributed by atoms with Gasteiger partial charge in [-0.15, -0.1) is 24.0 Å². The molecule has 0 aromatic heterocycles. The number of guanidine groups is 1. The highest BCUT2D eigenvalue weighted by Crippen LogP contribution is 2.22. The molecule has 0 radical (unpaired) electrons. The van der Waals surface area contributed by atoms with E-state index in [4.69, 9.17) is 4.74 Å². The first-order valence-electron chi connectivity index (χ1n) is 7.75. The molecule has 3 aliphatic rings. The highest BCUT2D eigenvalue weighted by atomic mass is 127. The van der Waals surface area contributed by atoms with Gasteiger partial charge in [0, 0.05) is 25.2 Å². The highest BCUT2D eigenvalue weighted by molar-refractivity contribution is 14.0. The van der Waals surface area contributed by atoms with Crippen LogP contribution >= 0.6 is 24.0 Å². The Bertz CT molecular complexity index is 335. The number of nitrogens with one attached hydrogen (secondary N) is 2. The first kappa shape index (κ1) is 16.3. The minimum atomic E-state index is 0. The van der Waals surface area contributed by atoms with E-state index in [0.717, 1.165) is 32.2 Å². The molecule has 116 valence electrons. The zero-order chi connectivity index (χ0) is 13.1. The minimum Gasteiger partial charge on any atom is -0.373 e. The molecule has 2 unspecified atom stereocenters. The van der Waals surface area contributed by atoms with Gasteiger partial charge in [0.1, 0.15) is 0 Å². The summed E-state index contributed by atoms with van der Waals surface area (Å²) in [6, 6.07) is 1.33. The van der Waals surface area contributed by atoms with E-state index in [1.54, 1.807) is 0 Å². The molecule has 6 heteroatoms. The topological polar surface area (TPSA) is 48.9 Å². The van der Waals surface area contributed by atoms with Crippen LogP contribution in [0.3, 0.4) is 0 Å². The smallest absolute Gasteiger partial charge is 0.191 e. The average molecular weight is 394 g/mol. The molecule has 0 aromatic rings. The molecule has 1 saturated carbocycles. The van der Waals surface area contributed by atoms with Crippen molar-refractivity contribution in [1.29, 1.82) is 0 Å². The molecular weight excluding hydrogens is 367 g/mol. The minimum absolute atomic E-state index is 0. The number of ether oxygens (including phenoxy) is 1. The Morgan fingerprint density at radius 3 is 2.95 bits per heavy atom. The van der Waals surface area contributed by atoms with Crippen LogP contribution < -0.4 is 10.6 Å². The summed E-state index contributed by atoms with van der Waals surface area (Å²) in [4.78, 5) is 7.25. The zero-order valence-electron chi connectivity index (χ0n) is 12.3. The molecule has 0 bridgehead atoms. The fraction of sp³-hybridized carbons (Fsp3) is 0.929. The van der Waals surface area contributed by atoms with E-state index in [2.05, 4.69) is 27.4 Å². The molecule has 0 amide bonds. The van der Waals surface area contributed by atoms with Crippen LogP contribution in [0.5, 0.6) is 0 Å². The number of morpholine rings is 1. The second-order valence-electron chi connectivity index (χ2n) is 5.88. The number of nitrogens with zero attached hydrogens (tertiary/aromatic N) is 2. The molecule has 3 fully saturated rings. The third-order valence-corrected chi connectivity index (χ3v) is 4.18. The van der Waals surface area contributed by atoms with Gasteiger partial charge in [0.2, 0.25) is 0 Å². The molecule has 5 nitrogen and oxygen atoms in total. The van der Waals surface area contributed by atoms with Crippen molar-refractivity contribution >= 4 is 29.9 Å². The van der Waals surface area contributed by atoms with Gasteiger partial charge in [0.15, 0.2) is 5.96 Å². The van der Waals surface area contributed by atoms with Crippen molar-refractivity contribution in [2.75, 3.05) is 32.8 Å². The summed E-state index contributed by atoms with van der Waals surface area (Å²) in [5.74, 6) is 0.956. The molecule has 3 rings (SSSR count). The third-order valence-electron chi connectivity index (χ3n) is 4.18. The van der Waals surface area contributed by atoms with Crippen molar-refractivity contribution in [1.82, 2.24) is 15.5 Å². The first-order valence-corrected chi connectivity index (χ1v) is 7.75. The largest absolute Gasteiger partial charge is 0.373 e. The second-order valence-corrected chi connectivity index (χ2v) is 5.88. The van der Waals surface area contributed by atoms with Gasteiger partial charge >= 0.3 is 0 Å². The van der Waals surface area contributed by atoms with E-state index in [1.807, 2.05) is 0 Å². The van der Waals surface area contributed by atoms with Crippen molar-refractivity contribution in [3.8, 4) is 0 Å². The number of hydrogen-bond acceptors (Lipinski definition) is 3. The number of rotatable bonds is 4. The van der Waals surface area contributed by atoms with Crippen LogP contribution in [-0.4, -0.2) is 61.8 Å². The molecule has 2 heterocycles. The van der Waals surface area contributed by atoms with Gasteiger partial charge < -0.3 is 15.4 Å². The van der Waals surface area contributed by atoms with Crippen LogP contribution in [0.4, 0.5) is 0 Å². The van der Waals surface area contributed by atoms with E-state index in [-0.39, 0.29) is 30.1 Å². The Morgan fingerprint density at radius 2 is 2.20 bits per heavy atom. The lowest BCUT2D eigenvalue weighted by molar-refractivity contribution is -0.0432. The average Bonchev–Trinajstić information content (AvgIpc) is 3.11. The Kier molecular flexibility index (Phi) is 6.35. The first-order chi connectivity index (χ1) is 9.35. The van der Waals surface area contributed by atoms with Gasteiger partial charge in [0.25, 0.3) is 0 Å². The number of fused-ring (bicyclic) bond motifs is 1. The van der Waals surface area contributed by atoms with Gasteiger partial charge in [-0.25, -0.2) is 0 Å². The monoisotopic (exact) mass is 394 g/mol. The molecule has 1 aliphatic carbocycles. The van der Waals surface area contributed by atoms with E-state index < -0.39 is 0 Å². The van der Waals surface area contributed by atoms with Crippen LogP contribution in [0.15, 0.2) is 4.99 Å². The number of hydrogen-bond donors (Lipinski definition) is 2. The van der Waals surface area contributed by atoms with Gasteiger partial charge in [-0.05, 0) is 39.2 Å². The third kappa shape index (κ3) is 4.46. The summed E-state index contributed by atoms with van der Waals surface area (Å²) in [6.45, 7) is 6.98. The van der Waals surface area contributed by atoms with E-state index in [9.17, 15) is 0 Å². The van der Waals surface area contributed by atoms with Crippen LogP contribution in [0.25, 0.3) is 0 Å². The van der Waals surface area contributed by atoms with Crippen LogP contribution in [0.1, 0.15) is 32.6 Å². The highest BCUT2D eigenvalue weighted by Gasteiger charge is 2.32. The van der Waals surface area contributed by atoms with Crippen molar-refractivity contribution in [2.24, 2.45) is 4.99 Å². The summed E-state index contributed by atoms with van der Waals surface area (Å²) in [6.07, 6.45) is 5.46. The lowest BCUT2D eigenvalue weighted by atomic mass is 10.2. The molecule has 0 aromatic carbocycles. The fourth-order valence-electron chi connectivity index (χ4n) is 2.93.